The highest BCUT2D eigenvalue weighted by atomic mass is 16.5. The van der Waals surface area contributed by atoms with E-state index in [9.17, 15) is 4.79 Å². The van der Waals surface area contributed by atoms with E-state index in [0.717, 1.165) is 0 Å². The molecule has 5 nitrogen and oxygen atoms in total. The second-order valence-electron chi connectivity index (χ2n) is 3.83. The van der Waals surface area contributed by atoms with Gasteiger partial charge < -0.3 is 14.7 Å². The van der Waals surface area contributed by atoms with E-state index < -0.39 is 5.92 Å². The minimum absolute atomic E-state index is 0.0314. The first-order valence-electron chi connectivity index (χ1n) is 5.02. The van der Waals surface area contributed by atoms with Crippen LogP contribution in [0, 0.1) is 17.2 Å². The van der Waals surface area contributed by atoms with Gasteiger partial charge in [0.2, 0.25) is 5.91 Å². The van der Waals surface area contributed by atoms with Crippen LogP contribution >= 0.6 is 0 Å². The molecule has 3 atom stereocenters. The fourth-order valence-electron chi connectivity index (χ4n) is 1.54. The molecule has 0 aromatic carbocycles. The van der Waals surface area contributed by atoms with Gasteiger partial charge in [-0.05, 0) is 13.8 Å². The minimum atomic E-state index is -0.634. The largest absolute Gasteiger partial charge is 0.394 e. The fourth-order valence-corrected chi connectivity index (χ4v) is 1.54. The van der Waals surface area contributed by atoms with Gasteiger partial charge in [-0.25, -0.2) is 0 Å². The second kappa shape index (κ2) is 5.10. The van der Waals surface area contributed by atoms with E-state index in [-0.39, 0.29) is 24.7 Å². The molecule has 84 valence electrons. The molecule has 0 saturated carbocycles. The number of ether oxygens (including phenoxy) is 1. The predicted octanol–water partition coefficient (Wildman–Crippen LogP) is -0.246. The molecular formula is C10H16N2O3. The molecule has 0 bridgehead atoms. The van der Waals surface area contributed by atoms with Gasteiger partial charge in [0.05, 0.1) is 31.4 Å². The van der Waals surface area contributed by atoms with Crippen LogP contribution in [0.5, 0.6) is 0 Å². The van der Waals surface area contributed by atoms with E-state index in [1.165, 1.54) is 0 Å². The standard InChI is InChI=1S/C10H16N2O3/c1-7(3-11)10(14)12-4-9(5-13)15-6-8(12)2/h7-9,13H,4-6H2,1-2H3. The molecule has 1 N–H and O–H groups in total. The van der Waals surface area contributed by atoms with Crippen molar-refractivity contribution in [1.29, 1.82) is 5.26 Å². The molecule has 1 aliphatic rings. The minimum Gasteiger partial charge on any atom is -0.394 e. The van der Waals surface area contributed by atoms with E-state index >= 15 is 0 Å². The van der Waals surface area contributed by atoms with Gasteiger partial charge in [0, 0.05) is 6.54 Å². The van der Waals surface area contributed by atoms with Gasteiger partial charge >= 0.3 is 0 Å². The molecule has 0 aromatic rings. The van der Waals surface area contributed by atoms with Crippen LogP contribution in [-0.2, 0) is 9.53 Å². The van der Waals surface area contributed by atoms with Crippen LogP contribution in [0.4, 0.5) is 0 Å². The van der Waals surface area contributed by atoms with Gasteiger partial charge in [0.15, 0.2) is 0 Å². The summed E-state index contributed by atoms with van der Waals surface area (Å²) in [5.74, 6) is -0.823. The lowest BCUT2D eigenvalue weighted by Crippen LogP contribution is -2.53. The van der Waals surface area contributed by atoms with Crippen LogP contribution < -0.4 is 0 Å². The van der Waals surface area contributed by atoms with E-state index in [0.29, 0.717) is 13.2 Å². The monoisotopic (exact) mass is 212 g/mol. The van der Waals surface area contributed by atoms with Crippen molar-refractivity contribution in [3.05, 3.63) is 0 Å². The molecule has 1 rings (SSSR count). The van der Waals surface area contributed by atoms with Crippen LogP contribution in [-0.4, -0.2) is 47.8 Å². The van der Waals surface area contributed by atoms with Gasteiger partial charge in [-0.15, -0.1) is 0 Å². The zero-order valence-corrected chi connectivity index (χ0v) is 9.01. The molecule has 0 spiro atoms. The number of aliphatic hydroxyl groups is 1. The third kappa shape index (κ3) is 2.67. The van der Waals surface area contributed by atoms with E-state index in [1.807, 2.05) is 13.0 Å². The smallest absolute Gasteiger partial charge is 0.240 e. The van der Waals surface area contributed by atoms with Crippen molar-refractivity contribution >= 4 is 5.91 Å². The Morgan fingerprint density at radius 2 is 2.47 bits per heavy atom. The average molecular weight is 212 g/mol. The first kappa shape index (κ1) is 12.0. The Labute approximate surface area is 89.2 Å². The molecular weight excluding hydrogens is 196 g/mol. The third-order valence-corrected chi connectivity index (χ3v) is 2.56. The van der Waals surface area contributed by atoms with Crippen LogP contribution in [0.15, 0.2) is 0 Å². The molecule has 0 aliphatic carbocycles. The Morgan fingerprint density at radius 3 is 3.00 bits per heavy atom. The number of aliphatic hydroxyl groups excluding tert-OH is 1. The van der Waals surface area contributed by atoms with E-state index in [1.54, 1.807) is 11.8 Å². The number of amides is 1. The summed E-state index contributed by atoms with van der Waals surface area (Å²) in [6.07, 6.45) is -0.323. The number of hydrogen-bond donors (Lipinski definition) is 1. The highest BCUT2D eigenvalue weighted by molar-refractivity contribution is 5.81. The normalized spacial score (nSPS) is 28.3. The number of carbonyl (C=O) groups excluding carboxylic acids is 1. The molecule has 1 heterocycles. The third-order valence-electron chi connectivity index (χ3n) is 2.56. The first-order chi connectivity index (χ1) is 7.10. The summed E-state index contributed by atoms with van der Waals surface area (Å²) in [6, 6.07) is 1.89. The lowest BCUT2D eigenvalue weighted by molar-refractivity contribution is -0.148. The SMILES string of the molecule is CC(C#N)C(=O)N1CC(CO)OCC1C. The fraction of sp³-hybridized carbons (Fsp3) is 0.800. The molecule has 1 aliphatic heterocycles. The number of morpholine rings is 1. The van der Waals surface area contributed by atoms with Crippen LogP contribution in [0.25, 0.3) is 0 Å². The zero-order chi connectivity index (χ0) is 11.4. The topological polar surface area (TPSA) is 73.6 Å². The van der Waals surface area contributed by atoms with Crippen molar-refractivity contribution in [1.82, 2.24) is 4.90 Å². The van der Waals surface area contributed by atoms with Gasteiger partial charge in [0.25, 0.3) is 0 Å². The van der Waals surface area contributed by atoms with Crippen LogP contribution in [0.3, 0.4) is 0 Å². The van der Waals surface area contributed by atoms with Crippen molar-refractivity contribution in [2.75, 3.05) is 19.8 Å². The molecule has 5 heteroatoms. The number of rotatable bonds is 2. The lowest BCUT2D eigenvalue weighted by atomic mass is 10.1. The highest BCUT2D eigenvalue weighted by Gasteiger charge is 2.31. The van der Waals surface area contributed by atoms with Crippen molar-refractivity contribution < 1.29 is 14.6 Å². The summed E-state index contributed by atoms with van der Waals surface area (Å²) in [6.45, 7) is 4.13. The number of carbonyl (C=O) groups is 1. The van der Waals surface area contributed by atoms with Crippen molar-refractivity contribution in [2.45, 2.75) is 26.0 Å². The van der Waals surface area contributed by atoms with Gasteiger partial charge in [0.1, 0.15) is 5.92 Å². The van der Waals surface area contributed by atoms with Crippen LogP contribution in [0.1, 0.15) is 13.8 Å². The Balaban J connectivity index is 2.66. The molecule has 15 heavy (non-hydrogen) atoms. The van der Waals surface area contributed by atoms with E-state index in [2.05, 4.69) is 0 Å². The molecule has 0 aromatic heterocycles. The molecule has 3 unspecified atom stereocenters. The highest BCUT2D eigenvalue weighted by Crippen LogP contribution is 2.14. The molecule has 1 amide bonds. The van der Waals surface area contributed by atoms with Gasteiger partial charge in [-0.3, -0.25) is 4.79 Å². The molecule has 0 radical (unpaired) electrons. The number of hydrogen-bond acceptors (Lipinski definition) is 4. The maximum Gasteiger partial charge on any atom is 0.240 e. The van der Waals surface area contributed by atoms with Gasteiger partial charge in [-0.2, -0.15) is 5.26 Å². The zero-order valence-electron chi connectivity index (χ0n) is 9.01. The summed E-state index contributed by atoms with van der Waals surface area (Å²) in [7, 11) is 0. The number of nitrogens with zero attached hydrogens (tertiary/aromatic N) is 2. The summed E-state index contributed by atoms with van der Waals surface area (Å²) >= 11 is 0. The maximum absolute atomic E-state index is 11.8. The quantitative estimate of drug-likeness (QED) is 0.685. The van der Waals surface area contributed by atoms with Crippen molar-refractivity contribution in [3.8, 4) is 6.07 Å². The Hall–Kier alpha value is -1.12. The lowest BCUT2D eigenvalue weighted by Gasteiger charge is -2.37. The van der Waals surface area contributed by atoms with Crippen molar-refractivity contribution in [2.24, 2.45) is 5.92 Å². The summed E-state index contributed by atoms with van der Waals surface area (Å²) < 4.78 is 5.31. The van der Waals surface area contributed by atoms with E-state index in [4.69, 9.17) is 15.1 Å². The Kier molecular flexibility index (Phi) is 4.06. The summed E-state index contributed by atoms with van der Waals surface area (Å²) in [4.78, 5) is 13.4. The maximum atomic E-state index is 11.8. The molecule has 1 fully saturated rings. The summed E-state index contributed by atoms with van der Waals surface area (Å²) in [5, 5.41) is 17.6. The Morgan fingerprint density at radius 1 is 1.80 bits per heavy atom. The summed E-state index contributed by atoms with van der Waals surface area (Å²) in [5.41, 5.74) is 0. The molecule has 1 saturated heterocycles. The average Bonchev–Trinajstić information content (AvgIpc) is 2.27. The van der Waals surface area contributed by atoms with Crippen LogP contribution in [0.2, 0.25) is 0 Å². The van der Waals surface area contributed by atoms with Gasteiger partial charge in [-0.1, -0.05) is 0 Å². The second-order valence-corrected chi connectivity index (χ2v) is 3.83. The predicted molar refractivity (Wildman–Crippen MR) is 52.8 cm³/mol. The number of nitriles is 1. The Bertz CT molecular complexity index is 274. The van der Waals surface area contributed by atoms with Crippen molar-refractivity contribution in [3.63, 3.8) is 0 Å². The first-order valence-corrected chi connectivity index (χ1v) is 5.02.